The van der Waals surface area contributed by atoms with Gasteiger partial charge >= 0.3 is 5.97 Å². The third-order valence-electron chi connectivity index (χ3n) is 3.91. The van der Waals surface area contributed by atoms with Crippen molar-refractivity contribution in [3.05, 3.63) is 35.9 Å². The lowest BCUT2D eigenvalue weighted by molar-refractivity contribution is -0.141. The summed E-state index contributed by atoms with van der Waals surface area (Å²) in [7, 11) is 0. The molecule has 1 aromatic rings. The van der Waals surface area contributed by atoms with Gasteiger partial charge in [0.2, 0.25) is 17.7 Å². The average molecular weight is 394 g/mol. The number of nitrogens with one attached hydrogen (secondary N) is 3. The highest BCUT2D eigenvalue weighted by atomic mass is 16.4. The Kier molecular flexibility index (Phi) is 9.06. The molecule has 0 aliphatic heterocycles. The normalized spacial score (nSPS) is 14.9. The lowest BCUT2D eigenvalue weighted by Gasteiger charge is -2.19. The minimum Gasteiger partial charge on any atom is -0.480 e. The van der Waals surface area contributed by atoms with E-state index in [4.69, 9.17) is 5.73 Å². The first kappa shape index (κ1) is 23.1. The maximum absolute atomic E-state index is 12.0. The zero-order chi connectivity index (χ0) is 21.3. The van der Waals surface area contributed by atoms with Crippen LogP contribution in [0.3, 0.4) is 0 Å². The van der Waals surface area contributed by atoms with E-state index in [0.717, 1.165) is 5.56 Å². The molecule has 1 rings (SSSR count). The third kappa shape index (κ3) is 7.72. The molecule has 10 nitrogen and oxygen atoms in total. The SMILES string of the molecule is CC(NC(=O)C(N)C(C)O)C(=O)NCC(=O)NC(Cc1ccccc1)C(=O)O. The summed E-state index contributed by atoms with van der Waals surface area (Å²) in [5, 5.41) is 25.5. The number of benzene rings is 1. The minimum atomic E-state index is -1.20. The zero-order valence-corrected chi connectivity index (χ0v) is 15.7. The molecule has 0 saturated carbocycles. The third-order valence-corrected chi connectivity index (χ3v) is 3.91. The number of nitrogens with two attached hydrogens (primary N) is 1. The van der Waals surface area contributed by atoms with Crippen LogP contribution in [0.5, 0.6) is 0 Å². The number of aliphatic carboxylic acids is 1. The number of rotatable bonds is 10. The molecule has 0 spiro atoms. The van der Waals surface area contributed by atoms with Crippen molar-refractivity contribution >= 4 is 23.7 Å². The summed E-state index contributed by atoms with van der Waals surface area (Å²) < 4.78 is 0. The Labute approximate surface area is 162 Å². The monoisotopic (exact) mass is 394 g/mol. The molecule has 154 valence electrons. The van der Waals surface area contributed by atoms with Crippen molar-refractivity contribution in [2.75, 3.05) is 6.54 Å². The molecule has 28 heavy (non-hydrogen) atoms. The van der Waals surface area contributed by atoms with E-state index in [9.17, 15) is 29.4 Å². The molecule has 0 fully saturated rings. The van der Waals surface area contributed by atoms with Gasteiger partial charge in [0.15, 0.2) is 0 Å². The van der Waals surface area contributed by atoms with E-state index in [1.165, 1.54) is 13.8 Å². The average Bonchev–Trinajstić information content (AvgIpc) is 2.65. The lowest BCUT2D eigenvalue weighted by atomic mass is 10.1. The van der Waals surface area contributed by atoms with Gasteiger partial charge in [-0.2, -0.15) is 0 Å². The van der Waals surface area contributed by atoms with Gasteiger partial charge in [-0.3, -0.25) is 14.4 Å². The van der Waals surface area contributed by atoms with E-state index in [-0.39, 0.29) is 6.42 Å². The van der Waals surface area contributed by atoms with Gasteiger partial charge in [0.05, 0.1) is 12.6 Å². The van der Waals surface area contributed by atoms with Crippen molar-refractivity contribution < 1.29 is 29.4 Å². The van der Waals surface area contributed by atoms with Gasteiger partial charge in [-0.25, -0.2) is 4.79 Å². The fourth-order valence-electron chi connectivity index (χ4n) is 2.21. The highest BCUT2D eigenvalue weighted by Gasteiger charge is 2.24. The molecule has 3 amide bonds. The predicted molar refractivity (Wildman–Crippen MR) is 100.0 cm³/mol. The Bertz CT molecular complexity index is 695. The summed E-state index contributed by atoms with van der Waals surface area (Å²) in [6.07, 6.45) is -0.988. The molecule has 10 heteroatoms. The van der Waals surface area contributed by atoms with Gasteiger partial charge < -0.3 is 31.9 Å². The van der Waals surface area contributed by atoms with E-state index in [1.807, 2.05) is 0 Å². The Morgan fingerprint density at radius 1 is 1.04 bits per heavy atom. The van der Waals surface area contributed by atoms with Crippen LogP contribution in [0.15, 0.2) is 30.3 Å². The van der Waals surface area contributed by atoms with Crippen molar-refractivity contribution in [2.45, 2.75) is 44.5 Å². The second-order valence-corrected chi connectivity index (χ2v) is 6.36. The van der Waals surface area contributed by atoms with Crippen LogP contribution in [0.2, 0.25) is 0 Å². The number of carboxylic acids is 1. The van der Waals surface area contributed by atoms with Crippen LogP contribution in [0, 0.1) is 0 Å². The van der Waals surface area contributed by atoms with Gasteiger partial charge in [-0.1, -0.05) is 30.3 Å². The molecule has 0 radical (unpaired) electrons. The number of aliphatic hydroxyl groups excluding tert-OH is 1. The summed E-state index contributed by atoms with van der Waals surface area (Å²) in [6.45, 7) is 2.27. The number of hydrogen-bond acceptors (Lipinski definition) is 6. The van der Waals surface area contributed by atoms with E-state index in [1.54, 1.807) is 30.3 Å². The van der Waals surface area contributed by atoms with Crippen LogP contribution in [-0.4, -0.2) is 64.7 Å². The predicted octanol–water partition coefficient (Wildman–Crippen LogP) is -1.87. The van der Waals surface area contributed by atoms with Gasteiger partial charge in [-0.05, 0) is 19.4 Å². The van der Waals surface area contributed by atoms with Crippen molar-refractivity contribution in [1.82, 2.24) is 16.0 Å². The highest BCUT2D eigenvalue weighted by molar-refractivity contribution is 5.92. The first-order chi connectivity index (χ1) is 13.1. The number of aliphatic hydroxyl groups is 1. The van der Waals surface area contributed by atoms with Crippen LogP contribution in [0.25, 0.3) is 0 Å². The minimum absolute atomic E-state index is 0.0968. The summed E-state index contributed by atoms with van der Waals surface area (Å²) in [4.78, 5) is 47.0. The molecule has 4 unspecified atom stereocenters. The second kappa shape index (κ2) is 11.0. The molecule has 7 N–H and O–H groups in total. The number of carbonyl (C=O) groups is 4. The van der Waals surface area contributed by atoms with Crippen LogP contribution in [0.1, 0.15) is 19.4 Å². The van der Waals surface area contributed by atoms with Gasteiger partial charge in [0, 0.05) is 6.42 Å². The van der Waals surface area contributed by atoms with Crippen LogP contribution >= 0.6 is 0 Å². The molecule has 0 aliphatic carbocycles. The quantitative estimate of drug-likeness (QED) is 0.270. The first-order valence-electron chi connectivity index (χ1n) is 8.69. The maximum Gasteiger partial charge on any atom is 0.326 e. The lowest BCUT2D eigenvalue weighted by Crippen LogP contribution is -2.54. The Morgan fingerprint density at radius 2 is 1.64 bits per heavy atom. The van der Waals surface area contributed by atoms with Crippen molar-refractivity contribution in [3.8, 4) is 0 Å². The molecule has 0 saturated heterocycles. The topological polar surface area (TPSA) is 171 Å². The summed E-state index contributed by atoms with van der Waals surface area (Å²) in [5.41, 5.74) is 6.20. The molecule has 0 bridgehead atoms. The first-order valence-corrected chi connectivity index (χ1v) is 8.69. The Hall–Kier alpha value is -2.98. The number of carboxylic acid groups (broad SMARTS) is 1. The van der Waals surface area contributed by atoms with Gasteiger partial charge in [0.1, 0.15) is 18.1 Å². The Morgan fingerprint density at radius 3 is 2.18 bits per heavy atom. The van der Waals surface area contributed by atoms with E-state index in [0.29, 0.717) is 0 Å². The fourth-order valence-corrected chi connectivity index (χ4v) is 2.21. The molecule has 0 heterocycles. The van der Waals surface area contributed by atoms with Crippen LogP contribution in [-0.2, 0) is 25.6 Å². The molecular weight excluding hydrogens is 368 g/mol. The number of amides is 3. The van der Waals surface area contributed by atoms with Crippen molar-refractivity contribution in [2.24, 2.45) is 5.73 Å². The fraction of sp³-hybridized carbons (Fsp3) is 0.444. The summed E-state index contributed by atoms with van der Waals surface area (Å²) in [6, 6.07) is 5.47. The van der Waals surface area contributed by atoms with E-state index < -0.39 is 54.5 Å². The van der Waals surface area contributed by atoms with Gasteiger partial charge in [-0.15, -0.1) is 0 Å². The summed E-state index contributed by atoms with van der Waals surface area (Å²) >= 11 is 0. The van der Waals surface area contributed by atoms with Crippen LogP contribution < -0.4 is 21.7 Å². The number of carbonyl (C=O) groups excluding carboxylic acids is 3. The van der Waals surface area contributed by atoms with E-state index >= 15 is 0 Å². The largest absolute Gasteiger partial charge is 0.480 e. The van der Waals surface area contributed by atoms with Crippen molar-refractivity contribution in [1.29, 1.82) is 0 Å². The van der Waals surface area contributed by atoms with Crippen molar-refractivity contribution in [3.63, 3.8) is 0 Å². The van der Waals surface area contributed by atoms with Gasteiger partial charge in [0.25, 0.3) is 0 Å². The number of hydrogen-bond donors (Lipinski definition) is 6. The highest BCUT2D eigenvalue weighted by Crippen LogP contribution is 2.03. The second-order valence-electron chi connectivity index (χ2n) is 6.36. The van der Waals surface area contributed by atoms with E-state index in [2.05, 4.69) is 16.0 Å². The molecular formula is C18H26N4O6. The standard InChI is InChI=1S/C18H26N4O6/c1-10(21-17(26)15(19)11(2)23)16(25)20-9-14(24)22-13(18(27)28)8-12-6-4-3-5-7-12/h3-7,10-11,13,15,23H,8-9,19H2,1-2H3,(H,20,25)(H,21,26)(H,22,24)(H,27,28). The smallest absolute Gasteiger partial charge is 0.326 e. The summed E-state index contributed by atoms with van der Waals surface area (Å²) in [5.74, 6) is -3.25. The maximum atomic E-state index is 12.0. The zero-order valence-electron chi connectivity index (χ0n) is 15.7. The molecule has 0 aromatic heterocycles. The molecule has 0 aliphatic rings. The van der Waals surface area contributed by atoms with Crippen LogP contribution in [0.4, 0.5) is 0 Å². The molecule has 4 atom stereocenters. The molecule has 1 aromatic carbocycles. The Balaban J connectivity index is 2.49.